The molecule has 0 radical (unpaired) electrons. The Kier molecular flexibility index (Phi) is 12.6. The Morgan fingerprint density at radius 3 is 2.53 bits per heavy atom. The first-order valence-electron chi connectivity index (χ1n) is 6.19. The van der Waals surface area contributed by atoms with Gasteiger partial charge >= 0.3 is 0 Å². The van der Waals surface area contributed by atoms with Crippen LogP contribution in [0.25, 0.3) is 0 Å². The number of rotatable bonds is 11. The highest BCUT2D eigenvalue weighted by Crippen LogP contribution is 1.97. The molecule has 0 aromatic rings. The Morgan fingerprint density at radius 1 is 1.07 bits per heavy atom. The van der Waals surface area contributed by atoms with E-state index < -0.39 is 0 Å². The molecule has 0 heterocycles. The lowest BCUT2D eigenvalue weighted by molar-refractivity contribution is 0.351. The minimum atomic E-state index is 1.14. The van der Waals surface area contributed by atoms with Gasteiger partial charge in [-0.05, 0) is 26.3 Å². The van der Waals surface area contributed by atoms with Gasteiger partial charge in [-0.1, -0.05) is 26.2 Å². The van der Waals surface area contributed by atoms with Gasteiger partial charge in [0.2, 0.25) is 0 Å². The summed E-state index contributed by atoms with van der Waals surface area (Å²) in [5, 5.41) is 3.50. The highest BCUT2D eigenvalue weighted by atomic mass is 32.2. The lowest BCUT2D eigenvalue weighted by Crippen LogP contribution is -2.31. The first-order chi connectivity index (χ1) is 7.31. The van der Waals surface area contributed by atoms with Crippen molar-refractivity contribution in [1.82, 2.24) is 10.2 Å². The van der Waals surface area contributed by atoms with Gasteiger partial charge < -0.3 is 10.2 Å². The second-order valence-electron chi connectivity index (χ2n) is 4.11. The smallest absolute Gasteiger partial charge is 0.0104 e. The summed E-state index contributed by atoms with van der Waals surface area (Å²) < 4.78 is 0. The Hall–Kier alpha value is 0.270. The summed E-state index contributed by atoms with van der Waals surface area (Å²) in [6, 6.07) is 0. The van der Waals surface area contributed by atoms with E-state index in [4.69, 9.17) is 0 Å². The summed E-state index contributed by atoms with van der Waals surface area (Å²) in [5.41, 5.74) is 0. The third kappa shape index (κ3) is 12.2. The van der Waals surface area contributed by atoms with Crippen LogP contribution in [0.2, 0.25) is 0 Å². The summed E-state index contributed by atoms with van der Waals surface area (Å²) in [4.78, 5) is 2.40. The monoisotopic (exact) mass is 232 g/mol. The van der Waals surface area contributed by atoms with E-state index in [9.17, 15) is 0 Å². The molecule has 0 aromatic heterocycles. The van der Waals surface area contributed by atoms with Crippen LogP contribution >= 0.6 is 11.8 Å². The fourth-order valence-corrected chi connectivity index (χ4v) is 1.92. The molecule has 0 aliphatic rings. The zero-order valence-corrected chi connectivity index (χ0v) is 11.5. The zero-order chi connectivity index (χ0) is 11.4. The summed E-state index contributed by atoms with van der Waals surface area (Å²) in [7, 11) is 2.20. The minimum absolute atomic E-state index is 1.14. The molecule has 2 nitrogen and oxygen atoms in total. The van der Waals surface area contributed by atoms with E-state index >= 15 is 0 Å². The van der Waals surface area contributed by atoms with E-state index in [0.717, 1.165) is 6.54 Å². The second-order valence-corrected chi connectivity index (χ2v) is 5.09. The van der Waals surface area contributed by atoms with Gasteiger partial charge in [0.05, 0.1) is 0 Å². The molecule has 1 N–H and O–H groups in total. The molecule has 0 bridgehead atoms. The van der Waals surface area contributed by atoms with Crippen molar-refractivity contribution in [3.05, 3.63) is 0 Å². The Bertz CT molecular complexity index is 120. The topological polar surface area (TPSA) is 15.3 Å². The number of hydrogen-bond donors (Lipinski definition) is 1. The van der Waals surface area contributed by atoms with Gasteiger partial charge in [-0.3, -0.25) is 0 Å². The molecule has 0 aromatic carbocycles. The van der Waals surface area contributed by atoms with Crippen LogP contribution in [0.1, 0.15) is 32.6 Å². The maximum atomic E-state index is 3.50. The fourth-order valence-electron chi connectivity index (χ4n) is 1.43. The maximum Gasteiger partial charge on any atom is 0.0104 e. The fraction of sp³-hybridized carbons (Fsp3) is 1.00. The van der Waals surface area contributed by atoms with Gasteiger partial charge in [0.1, 0.15) is 0 Å². The maximum absolute atomic E-state index is 3.50. The van der Waals surface area contributed by atoms with Gasteiger partial charge in [0, 0.05) is 25.4 Å². The summed E-state index contributed by atoms with van der Waals surface area (Å²) in [6.07, 6.45) is 7.60. The second kappa shape index (κ2) is 12.3. The van der Waals surface area contributed by atoms with Crippen LogP contribution in [0.15, 0.2) is 0 Å². The molecule has 0 unspecified atom stereocenters. The van der Waals surface area contributed by atoms with Crippen molar-refractivity contribution < 1.29 is 0 Å². The first kappa shape index (κ1) is 15.3. The molecule has 0 atom stereocenters. The van der Waals surface area contributed by atoms with Gasteiger partial charge in [0.15, 0.2) is 0 Å². The predicted octanol–water partition coefficient (Wildman–Crippen LogP) is 2.45. The molecule has 0 spiro atoms. The van der Waals surface area contributed by atoms with E-state index in [1.165, 1.54) is 51.1 Å². The van der Waals surface area contributed by atoms with E-state index in [1.54, 1.807) is 0 Å². The summed E-state index contributed by atoms with van der Waals surface area (Å²) >= 11 is 1.92. The lowest BCUT2D eigenvalue weighted by Gasteiger charge is -2.15. The van der Waals surface area contributed by atoms with E-state index in [1.807, 2.05) is 11.8 Å². The molecule has 92 valence electrons. The summed E-state index contributed by atoms with van der Waals surface area (Å²) in [5.74, 6) is 1.24. The third-order valence-electron chi connectivity index (χ3n) is 2.55. The predicted molar refractivity (Wildman–Crippen MR) is 72.9 cm³/mol. The van der Waals surface area contributed by atoms with Crippen LogP contribution < -0.4 is 5.32 Å². The number of nitrogens with zero attached hydrogens (tertiary/aromatic N) is 1. The van der Waals surface area contributed by atoms with Crippen LogP contribution in [0.5, 0.6) is 0 Å². The Labute approximate surface area is 100 Å². The van der Waals surface area contributed by atoms with Crippen LogP contribution in [0, 0.1) is 0 Å². The molecule has 15 heavy (non-hydrogen) atoms. The standard InChI is InChI=1S/C12H28N2S/c1-4-5-6-7-8-13-9-10-14(2)11-12-15-3/h13H,4-12H2,1-3H3. The first-order valence-corrected chi connectivity index (χ1v) is 7.58. The molecular formula is C12H28N2S. The van der Waals surface area contributed by atoms with E-state index in [-0.39, 0.29) is 0 Å². The van der Waals surface area contributed by atoms with Crippen LogP contribution in [-0.2, 0) is 0 Å². The number of hydrogen-bond acceptors (Lipinski definition) is 3. The van der Waals surface area contributed by atoms with Crippen molar-refractivity contribution in [1.29, 1.82) is 0 Å². The lowest BCUT2D eigenvalue weighted by atomic mass is 10.2. The molecule has 0 amide bonds. The number of likely N-dealkylation sites (N-methyl/N-ethyl adjacent to an activating group) is 1. The van der Waals surface area contributed by atoms with Crippen molar-refractivity contribution >= 4 is 11.8 Å². The number of unbranched alkanes of at least 4 members (excludes halogenated alkanes) is 3. The summed E-state index contributed by atoms with van der Waals surface area (Å²) in [6.45, 7) is 6.97. The molecule has 0 saturated heterocycles. The van der Waals surface area contributed by atoms with Crippen LogP contribution in [0.3, 0.4) is 0 Å². The average Bonchev–Trinajstić information content (AvgIpc) is 2.25. The van der Waals surface area contributed by atoms with Crippen LogP contribution in [0.4, 0.5) is 0 Å². The minimum Gasteiger partial charge on any atom is -0.315 e. The molecule has 0 rings (SSSR count). The zero-order valence-electron chi connectivity index (χ0n) is 10.7. The van der Waals surface area contributed by atoms with E-state index in [0.29, 0.717) is 0 Å². The molecule has 0 aliphatic carbocycles. The average molecular weight is 232 g/mol. The highest BCUT2D eigenvalue weighted by Gasteiger charge is 1.96. The molecule has 0 aliphatic heterocycles. The van der Waals surface area contributed by atoms with Crippen molar-refractivity contribution in [3.63, 3.8) is 0 Å². The molecule has 3 heteroatoms. The quantitative estimate of drug-likeness (QED) is 0.551. The molecule has 0 saturated carbocycles. The Morgan fingerprint density at radius 2 is 1.87 bits per heavy atom. The third-order valence-corrected chi connectivity index (χ3v) is 3.15. The van der Waals surface area contributed by atoms with Crippen molar-refractivity contribution in [3.8, 4) is 0 Å². The Balaban J connectivity index is 3.02. The van der Waals surface area contributed by atoms with Crippen molar-refractivity contribution in [2.75, 3.05) is 45.2 Å². The van der Waals surface area contributed by atoms with Gasteiger partial charge in [-0.25, -0.2) is 0 Å². The normalized spacial score (nSPS) is 11.2. The number of thioether (sulfide) groups is 1. The van der Waals surface area contributed by atoms with Gasteiger partial charge in [-0.2, -0.15) is 11.8 Å². The highest BCUT2D eigenvalue weighted by molar-refractivity contribution is 7.98. The van der Waals surface area contributed by atoms with Gasteiger partial charge in [0.25, 0.3) is 0 Å². The molecular weight excluding hydrogens is 204 g/mol. The van der Waals surface area contributed by atoms with Crippen LogP contribution in [-0.4, -0.2) is 50.1 Å². The molecule has 0 fully saturated rings. The largest absolute Gasteiger partial charge is 0.315 e. The SMILES string of the molecule is CCCCCCNCCN(C)CCSC. The van der Waals surface area contributed by atoms with Crippen molar-refractivity contribution in [2.24, 2.45) is 0 Å². The number of nitrogens with one attached hydrogen (secondary N) is 1. The van der Waals surface area contributed by atoms with E-state index in [2.05, 4.69) is 30.4 Å². The van der Waals surface area contributed by atoms with Gasteiger partial charge in [-0.15, -0.1) is 0 Å². The van der Waals surface area contributed by atoms with Crippen molar-refractivity contribution in [2.45, 2.75) is 32.6 Å².